The lowest BCUT2D eigenvalue weighted by Gasteiger charge is -2.30. The SMILES string of the molecule is CC(C)C[C@H](NC(=O)[C@@H]1CCCN1C(=O)[C@H](CO)NC(=O)[C@@H](N)CCC(N)=O)C(=O)N[C@@H](CO)C(=O)N[C@@H](CO)C(=O)N[C@H](C(=O)N[C@@H](C)C(=O)N[C@@H](CO)C(=O)N[C@@H](CO)C(=O)O)[C@@H](C)O. The lowest BCUT2D eigenvalue weighted by Crippen LogP contribution is -2.62. The first-order valence-corrected chi connectivity index (χ1v) is 21.1. The van der Waals surface area contributed by atoms with E-state index in [1.165, 1.54) is 0 Å². The van der Waals surface area contributed by atoms with Gasteiger partial charge in [-0.05, 0) is 45.4 Å². The molecule has 29 heteroatoms. The molecule has 0 radical (unpaired) electrons. The molecule has 10 amide bonds. The van der Waals surface area contributed by atoms with Gasteiger partial charge >= 0.3 is 5.97 Å². The van der Waals surface area contributed by atoms with Crippen LogP contribution in [0, 0.1) is 5.92 Å². The van der Waals surface area contributed by atoms with E-state index in [4.69, 9.17) is 21.7 Å². The second kappa shape index (κ2) is 28.8. The third-order valence-corrected chi connectivity index (χ3v) is 10.1. The largest absolute Gasteiger partial charge is 0.480 e. The van der Waals surface area contributed by atoms with Gasteiger partial charge in [0, 0.05) is 13.0 Å². The Kier molecular flexibility index (Phi) is 25.3. The Bertz CT molecular complexity index is 1770. The number of carbonyl (C=O) groups is 11. The van der Waals surface area contributed by atoms with Crippen LogP contribution in [0.5, 0.6) is 0 Å². The molecule has 380 valence electrons. The third kappa shape index (κ3) is 19.0. The van der Waals surface area contributed by atoms with Gasteiger partial charge in [-0.1, -0.05) is 13.8 Å². The highest BCUT2D eigenvalue weighted by Crippen LogP contribution is 2.20. The van der Waals surface area contributed by atoms with Crippen LogP contribution in [0.15, 0.2) is 0 Å². The number of hydrogen-bond acceptors (Lipinski definition) is 18. The van der Waals surface area contributed by atoms with Gasteiger partial charge in [-0.15, -0.1) is 0 Å². The second-order valence-electron chi connectivity index (χ2n) is 16.0. The fourth-order valence-corrected chi connectivity index (χ4v) is 6.28. The van der Waals surface area contributed by atoms with Crippen molar-refractivity contribution in [3.63, 3.8) is 0 Å². The molecule has 19 N–H and O–H groups in total. The summed E-state index contributed by atoms with van der Waals surface area (Å²) in [4.78, 5) is 141. The topological polar surface area (TPSA) is 481 Å². The van der Waals surface area contributed by atoms with Crippen LogP contribution in [-0.2, 0) is 52.7 Å². The van der Waals surface area contributed by atoms with Crippen LogP contribution in [0.4, 0.5) is 0 Å². The lowest BCUT2D eigenvalue weighted by atomic mass is 10.0. The number of primary amides is 1. The van der Waals surface area contributed by atoms with Crippen molar-refractivity contribution in [2.45, 2.75) is 126 Å². The lowest BCUT2D eigenvalue weighted by molar-refractivity contribution is -0.143. The van der Waals surface area contributed by atoms with Crippen LogP contribution in [0.25, 0.3) is 0 Å². The van der Waals surface area contributed by atoms with Gasteiger partial charge in [0.15, 0.2) is 0 Å². The molecule has 0 bridgehead atoms. The number of carboxylic acids is 1. The minimum Gasteiger partial charge on any atom is -0.480 e. The van der Waals surface area contributed by atoms with Crippen molar-refractivity contribution in [1.29, 1.82) is 0 Å². The molecule has 1 rings (SSSR count). The molecular weight excluding hydrogens is 898 g/mol. The number of aliphatic carboxylic acids is 1. The van der Waals surface area contributed by atoms with Gasteiger partial charge in [0.25, 0.3) is 0 Å². The van der Waals surface area contributed by atoms with Crippen LogP contribution >= 0.6 is 0 Å². The Morgan fingerprint density at radius 3 is 1.48 bits per heavy atom. The molecule has 29 nitrogen and oxygen atoms in total. The average Bonchev–Trinajstić information content (AvgIpc) is 3.77. The van der Waals surface area contributed by atoms with Crippen molar-refractivity contribution in [3.05, 3.63) is 0 Å². The van der Waals surface area contributed by atoms with Crippen molar-refractivity contribution >= 4 is 65.0 Å². The van der Waals surface area contributed by atoms with Gasteiger partial charge in [-0.3, -0.25) is 47.9 Å². The number of hydrogen-bond donors (Lipinski definition) is 17. The molecule has 0 spiro atoms. The van der Waals surface area contributed by atoms with Crippen molar-refractivity contribution in [1.82, 2.24) is 47.4 Å². The Balaban J connectivity index is 3.03. The number of rotatable bonds is 29. The molecule has 1 aliphatic rings. The van der Waals surface area contributed by atoms with E-state index in [2.05, 4.69) is 37.2 Å². The number of likely N-dealkylation sites (tertiary alicyclic amines) is 1. The number of nitrogens with two attached hydrogens (primary N) is 2. The fraction of sp³-hybridized carbons (Fsp3) is 0.711. The summed E-state index contributed by atoms with van der Waals surface area (Å²) in [7, 11) is 0. The zero-order valence-corrected chi connectivity index (χ0v) is 37.4. The Hall–Kier alpha value is -6.11. The van der Waals surface area contributed by atoms with Crippen LogP contribution in [0.1, 0.15) is 59.8 Å². The van der Waals surface area contributed by atoms with E-state index in [-0.39, 0.29) is 38.1 Å². The van der Waals surface area contributed by atoms with Gasteiger partial charge in [0.05, 0.1) is 45.2 Å². The maximum Gasteiger partial charge on any atom is 0.328 e. The number of nitrogens with one attached hydrogen (secondary N) is 8. The molecular formula is C38H65N11O18. The van der Waals surface area contributed by atoms with E-state index < -0.39 is 165 Å². The molecule has 1 fully saturated rings. The number of aliphatic hydroxyl groups is 6. The molecule has 67 heavy (non-hydrogen) atoms. The van der Waals surface area contributed by atoms with Crippen molar-refractivity contribution in [2.75, 3.05) is 39.6 Å². The van der Waals surface area contributed by atoms with Crippen molar-refractivity contribution in [2.24, 2.45) is 17.4 Å². The number of amides is 10. The van der Waals surface area contributed by atoms with E-state index >= 15 is 0 Å². The fourth-order valence-electron chi connectivity index (χ4n) is 6.28. The highest BCUT2D eigenvalue weighted by molar-refractivity contribution is 5.98. The van der Waals surface area contributed by atoms with Crippen molar-refractivity contribution < 1.29 is 88.5 Å². The Labute approximate surface area is 383 Å². The first-order chi connectivity index (χ1) is 31.4. The van der Waals surface area contributed by atoms with E-state index in [0.717, 1.165) is 18.7 Å². The Morgan fingerprint density at radius 2 is 1.03 bits per heavy atom. The molecule has 0 aromatic rings. The van der Waals surface area contributed by atoms with Gasteiger partial charge in [-0.2, -0.15) is 0 Å². The van der Waals surface area contributed by atoms with E-state index in [0.29, 0.717) is 6.42 Å². The highest BCUT2D eigenvalue weighted by atomic mass is 16.4. The standard InChI is InChI=1S/C38H65N11O18/c1-16(2)10-20(42-35(63)26-6-5-9-49(26)37(65)24(14-53)46-30(58)19(39)7-8-27(40)56)31(59)44-22(12-51)32(60)45-23(13-52)34(62)48-28(18(4)55)36(64)41-17(3)29(57)43-21(11-50)33(61)47-25(15-54)38(66)67/h16-26,28,50-55H,5-15,39H2,1-4H3,(H2,40,56)(H,41,64)(H,42,63)(H,43,57)(H,44,59)(H,45,60)(H,46,58)(H,47,61)(H,48,62)(H,66,67)/t17-,18+,19-,20-,21-,22-,23-,24-,25-,26-,28-/m0/s1. The summed E-state index contributed by atoms with van der Waals surface area (Å²) in [6, 6.07) is -15.9. The second-order valence-corrected chi connectivity index (χ2v) is 16.0. The van der Waals surface area contributed by atoms with E-state index in [9.17, 15) is 78.3 Å². The number of carboxylic acid groups (broad SMARTS) is 1. The molecule has 1 heterocycles. The maximum atomic E-state index is 13.6. The van der Waals surface area contributed by atoms with Crippen LogP contribution in [-0.4, -0.2) is 212 Å². The molecule has 0 aromatic carbocycles. The molecule has 0 unspecified atom stereocenters. The number of nitrogens with zero attached hydrogens (tertiary/aromatic N) is 1. The summed E-state index contributed by atoms with van der Waals surface area (Å²) in [5.41, 5.74) is 10.8. The summed E-state index contributed by atoms with van der Waals surface area (Å²) in [5, 5.41) is 85.3. The maximum absolute atomic E-state index is 13.6. The quantitative estimate of drug-likeness (QED) is 0.0331. The van der Waals surface area contributed by atoms with Gasteiger partial charge < -0.3 is 94.6 Å². The normalized spacial score (nSPS) is 17.9. The molecule has 0 aliphatic carbocycles. The van der Waals surface area contributed by atoms with Gasteiger partial charge in [0.1, 0.15) is 54.4 Å². The van der Waals surface area contributed by atoms with Crippen LogP contribution in [0.3, 0.4) is 0 Å². The first kappa shape index (κ1) is 58.9. The summed E-state index contributed by atoms with van der Waals surface area (Å²) < 4.78 is 0. The predicted octanol–water partition coefficient (Wildman–Crippen LogP) is -10.1. The van der Waals surface area contributed by atoms with Crippen LogP contribution < -0.4 is 54.0 Å². The van der Waals surface area contributed by atoms with Crippen molar-refractivity contribution in [3.8, 4) is 0 Å². The van der Waals surface area contributed by atoms with E-state index in [1.807, 2.05) is 5.32 Å². The molecule has 0 aromatic heterocycles. The third-order valence-electron chi connectivity index (χ3n) is 10.1. The summed E-state index contributed by atoms with van der Waals surface area (Å²) >= 11 is 0. The average molecular weight is 964 g/mol. The van der Waals surface area contributed by atoms with Crippen LogP contribution in [0.2, 0.25) is 0 Å². The monoisotopic (exact) mass is 963 g/mol. The smallest absolute Gasteiger partial charge is 0.328 e. The predicted molar refractivity (Wildman–Crippen MR) is 226 cm³/mol. The Morgan fingerprint density at radius 1 is 0.582 bits per heavy atom. The number of carbonyl (C=O) groups excluding carboxylic acids is 10. The summed E-state index contributed by atoms with van der Waals surface area (Å²) in [6.45, 7) is 0.453. The molecule has 11 atom stereocenters. The zero-order chi connectivity index (χ0) is 51.3. The highest BCUT2D eigenvalue weighted by Gasteiger charge is 2.40. The molecule has 1 saturated heterocycles. The minimum atomic E-state index is -1.89. The molecule has 1 aliphatic heterocycles. The zero-order valence-electron chi connectivity index (χ0n) is 37.4. The summed E-state index contributed by atoms with van der Waals surface area (Å²) in [5.74, 6) is -12.1. The summed E-state index contributed by atoms with van der Waals surface area (Å²) in [6.07, 6.45) is -1.64. The first-order valence-electron chi connectivity index (χ1n) is 21.1. The number of aliphatic hydroxyl groups excluding tert-OH is 6. The van der Waals surface area contributed by atoms with Gasteiger partial charge in [-0.25, -0.2) is 4.79 Å². The van der Waals surface area contributed by atoms with Gasteiger partial charge in [0.2, 0.25) is 59.1 Å². The minimum absolute atomic E-state index is 0.0306. The molecule has 0 saturated carbocycles. The van der Waals surface area contributed by atoms with E-state index in [1.54, 1.807) is 13.8 Å².